The van der Waals surface area contributed by atoms with Gasteiger partial charge < -0.3 is 0 Å². The molecule has 0 aromatic heterocycles. The Balaban J connectivity index is 0.0000135. The third kappa shape index (κ3) is 20.9. The number of benzene rings is 2. The van der Waals surface area contributed by atoms with Crippen LogP contribution in [-0.2, 0) is 42.2 Å². The molecule has 0 saturated heterocycles. The number of hydrogen-bond donors (Lipinski definition) is 0. The van der Waals surface area contributed by atoms with Gasteiger partial charge in [-0.2, -0.15) is 0 Å². The van der Waals surface area contributed by atoms with Crippen molar-refractivity contribution < 1.29 is 16.5 Å². The largest absolute Gasteiger partial charge is 0.251 e. The van der Waals surface area contributed by atoms with Gasteiger partial charge in [0, 0.05) is 22.9 Å². The second-order valence-corrected chi connectivity index (χ2v) is 14.9. The molecule has 0 aliphatic rings. The quantitative estimate of drug-likeness (QED) is 0.0342. The van der Waals surface area contributed by atoms with E-state index in [1.165, 1.54) is 144 Å². The molecular weight excluding hydrogens is 675 g/mol. The molecule has 3 heteroatoms. The van der Waals surface area contributed by atoms with E-state index in [-0.39, 0.29) is 16.5 Å². The number of nitrogens with zero attached hydrogens (tertiary/aromatic N) is 2. The first-order valence-electron chi connectivity index (χ1n) is 22.0. The summed E-state index contributed by atoms with van der Waals surface area (Å²) in [5.74, 6) is 7.15. The summed E-state index contributed by atoms with van der Waals surface area (Å²) in [5, 5.41) is 0. The Morgan fingerprint density at radius 2 is 0.923 bits per heavy atom. The fourth-order valence-electron chi connectivity index (χ4n) is 7.18. The van der Waals surface area contributed by atoms with Crippen LogP contribution in [0.15, 0.2) is 46.4 Å². The Morgan fingerprint density at radius 3 is 1.46 bits per heavy atom. The molecule has 0 aliphatic heterocycles. The van der Waals surface area contributed by atoms with Gasteiger partial charge in [0.05, 0.1) is 17.1 Å². The Hall–Kier alpha value is -2.17. The van der Waals surface area contributed by atoms with Crippen LogP contribution in [0.3, 0.4) is 0 Å². The Labute approximate surface area is 333 Å². The predicted molar refractivity (Wildman–Crippen MR) is 230 cm³/mol. The predicted octanol–water partition coefficient (Wildman–Crippen LogP) is 15.8. The summed E-state index contributed by atoms with van der Waals surface area (Å²) in [6.07, 6.45) is 34.1. The van der Waals surface area contributed by atoms with Gasteiger partial charge in [0.1, 0.15) is 5.71 Å². The monoisotopic (exact) mass is 753 g/mol. The first-order chi connectivity index (χ1) is 25.1. The van der Waals surface area contributed by atoms with Gasteiger partial charge in [0.25, 0.3) is 0 Å². The van der Waals surface area contributed by atoms with Gasteiger partial charge in [0.15, 0.2) is 0 Å². The van der Waals surface area contributed by atoms with Gasteiger partial charge in [-0.05, 0) is 97.4 Å². The topological polar surface area (TPSA) is 24.7 Å². The zero-order valence-corrected chi connectivity index (χ0v) is 35.8. The molecule has 0 unspecified atom stereocenters. The van der Waals surface area contributed by atoms with E-state index in [1.807, 2.05) is 0 Å². The van der Waals surface area contributed by atoms with Crippen molar-refractivity contribution in [3.8, 4) is 11.8 Å². The first-order valence-corrected chi connectivity index (χ1v) is 22.0. The van der Waals surface area contributed by atoms with Crippen LogP contribution < -0.4 is 0 Å². The summed E-state index contributed by atoms with van der Waals surface area (Å²) in [4.78, 5) is 10.6. The van der Waals surface area contributed by atoms with Gasteiger partial charge >= 0.3 is 0 Å². The van der Waals surface area contributed by atoms with Crippen LogP contribution in [0, 0.1) is 11.8 Å². The van der Waals surface area contributed by atoms with Crippen molar-refractivity contribution >= 4 is 22.8 Å². The molecule has 52 heavy (non-hydrogen) atoms. The Morgan fingerprint density at radius 1 is 0.462 bits per heavy atom. The molecule has 0 aliphatic carbocycles. The minimum Gasteiger partial charge on any atom is -0.251 e. The third-order valence-electron chi connectivity index (χ3n) is 10.3. The molecule has 0 heterocycles. The fraction of sp³-hybridized carbons (Fsp3) is 0.673. The van der Waals surface area contributed by atoms with Crippen LogP contribution in [-0.4, -0.2) is 11.4 Å². The minimum atomic E-state index is 0. The van der Waals surface area contributed by atoms with Crippen molar-refractivity contribution in [3.05, 3.63) is 58.7 Å². The van der Waals surface area contributed by atoms with Crippen LogP contribution >= 0.6 is 0 Å². The Bertz CT molecular complexity index is 1310. The summed E-state index contributed by atoms with van der Waals surface area (Å²) < 4.78 is 0. The SMILES string of the molecule is CCCCCCCCCCCCCCCCCC#CC(=N\c1ccc(CC)c(CC)c1)/C(CCCCCC)=N/c1ccc(CCC)c(CCC)c1.[Ni]. The standard InChI is InChI=1S/C49H78N2.Ni/c1-7-13-15-17-18-19-20-21-22-23-24-25-26-27-28-29-31-35-49(50-46-38-36-42(11-5)43(12-6)40-46)48(34-30-16-14-8-2)51-47-39-37-44(32-9-3)45(41-47)33-10-4;/h36-41H,7-30,32-34H2,1-6H3;/b50-49+,51-48+;. The van der Waals surface area contributed by atoms with Gasteiger partial charge in [0.2, 0.25) is 0 Å². The maximum Gasteiger partial charge on any atom is 0.135 e. The summed E-state index contributed by atoms with van der Waals surface area (Å²) in [6, 6.07) is 13.6. The molecule has 2 aromatic rings. The van der Waals surface area contributed by atoms with E-state index in [0.717, 1.165) is 74.2 Å². The minimum absolute atomic E-state index is 0. The van der Waals surface area contributed by atoms with E-state index in [0.29, 0.717) is 0 Å². The molecule has 0 radical (unpaired) electrons. The molecule has 0 N–H and O–H groups in total. The van der Waals surface area contributed by atoms with Gasteiger partial charge in [-0.1, -0.05) is 182 Å². The maximum atomic E-state index is 5.35. The third-order valence-corrected chi connectivity index (χ3v) is 10.3. The molecule has 2 aromatic carbocycles. The molecule has 0 saturated carbocycles. The van der Waals surface area contributed by atoms with Crippen LogP contribution in [0.4, 0.5) is 11.4 Å². The average Bonchev–Trinajstić information content (AvgIpc) is 3.14. The fourth-order valence-corrected chi connectivity index (χ4v) is 7.18. The maximum absolute atomic E-state index is 5.35. The molecule has 2 rings (SSSR count). The van der Waals surface area contributed by atoms with Crippen molar-refractivity contribution in [1.82, 2.24) is 0 Å². The van der Waals surface area contributed by atoms with E-state index in [1.54, 1.807) is 0 Å². The van der Waals surface area contributed by atoms with Crippen LogP contribution in [0.5, 0.6) is 0 Å². The average molecular weight is 754 g/mol. The number of aliphatic imine (C=N–C) groups is 2. The first kappa shape index (κ1) is 47.9. The van der Waals surface area contributed by atoms with E-state index < -0.39 is 0 Å². The smallest absolute Gasteiger partial charge is 0.135 e. The second-order valence-electron chi connectivity index (χ2n) is 14.9. The van der Waals surface area contributed by atoms with Crippen LogP contribution in [0.2, 0.25) is 0 Å². The second kappa shape index (κ2) is 32.3. The molecule has 294 valence electrons. The van der Waals surface area contributed by atoms with E-state index in [2.05, 4.69) is 89.8 Å². The molecule has 0 spiro atoms. The van der Waals surface area contributed by atoms with Crippen molar-refractivity contribution in [2.45, 2.75) is 215 Å². The molecule has 0 amide bonds. The summed E-state index contributed by atoms with van der Waals surface area (Å²) in [7, 11) is 0. The molecular formula is C49H78N2Ni. The summed E-state index contributed by atoms with van der Waals surface area (Å²) in [5.41, 5.74) is 9.71. The van der Waals surface area contributed by atoms with Gasteiger partial charge in [-0.15, -0.1) is 0 Å². The normalized spacial score (nSPS) is 11.7. The molecule has 0 fully saturated rings. The number of rotatable bonds is 29. The number of aryl methyl sites for hydroxylation is 4. The zero-order valence-electron chi connectivity index (χ0n) is 34.8. The molecule has 0 atom stereocenters. The Kier molecular flexibility index (Phi) is 29.7. The van der Waals surface area contributed by atoms with Crippen molar-refractivity contribution in [1.29, 1.82) is 0 Å². The van der Waals surface area contributed by atoms with Crippen molar-refractivity contribution in [3.63, 3.8) is 0 Å². The number of hydrogen-bond acceptors (Lipinski definition) is 2. The zero-order chi connectivity index (χ0) is 36.8. The molecule has 2 nitrogen and oxygen atoms in total. The van der Waals surface area contributed by atoms with Crippen molar-refractivity contribution in [2.24, 2.45) is 9.98 Å². The number of unbranched alkanes of at least 4 members (excludes halogenated alkanes) is 18. The van der Waals surface area contributed by atoms with Gasteiger partial charge in [-0.3, -0.25) is 4.99 Å². The van der Waals surface area contributed by atoms with Gasteiger partial charge in [-0.25, -0.2) is 4.99 Å². The van der Waals surface area contributed by atoms with E-state index >= 15 is 0 Å². The van der Waals surface area contributed by atoms with Crippen molar-refractivity contribution in [2.75, 3.05) is 0 Å². The summed E-state index contributed by atoms with van der Waals surface area (Å²) in [6.45, 7) is 13.6. The van der Waals surface area contributed by atoms with Crippen LogP contribution in [0.25, 0.3) is 0 Å². The van der Waals surface area contributed by atoms with Crippen LogP contribution in [0.1, 0.15) is 211 Å². The molecule has 0 bridgehead atoms. The van der Waals surface area contributed by atoms with E-state index in [9.17, 15) is 0 Å². The summed E-state index contributed by atoms with van der Waals surface area (Å²) >= 11 is 0. The van der Waals surface area contributed by atoms with E-state index in [4.69, 9.17) is 9.98 Å².